The van der Waals surface area contributed by atoms with Crippen molar-refractivity contribution in [3.8, 4) is 0 Å². The Balaban J connectivity index is 1.37. The van der Waals surface area contributed by atoms with E-state index in [9.17, 15) is 19.2 Å². The van der Waals surface area contributed by atoms with E-state index in [2.05, 4.69) is 24.5 Å². The van der Waals surface area contributed by atoms with Gasteiger partial charge in [-0.1, -0.05) is 18.1 Å². The van der Waals surface area contributed by atoms with E-state index in [-0.39, 0.29) is 29.5 Å². The minimum absolute atomic E-state index is 0.143. The van der Waals surface area contributed by atoms with Crippen LogP contribution in [-0.4, -0.2) is 96.0 Å². The van der Waals surface area contributed by atoms with E-state index in [1.807, 2.05) is 10.0 Å². The Kier molecular flexibility index (Phi) is 5.07. The molecular weight excluding hydrogens is 460 g/mol. The SMILES string of the molecule is CC1=C2CCC(C)CC23C2C(=O)N(N4CCNCC4)C(=O)C2C1C1C(=O)N(N2CCNCC2)C(=O)C13. The number of carbonyl (C=O) groups excluding carboxylic acids is 4. The van der Waals surface area contributed by atoms with Crippen molar-refractivity contribution in [1.29, 1.82) is 0 Å². The zero-order valence-electron chi connectivity index (χ0n) is 21.2. The Morgan fingerprint density at radius 3 is 1.67 bits per heavy atom. The molecule has 4 saturated heterocycles. The predicted molar refractivity (Wildman–Crippen MR) is 128 cm³/mol. The maximum Gasteiger partial charge on any atom is 0.248 e. The van der Waals surface area contributed by atoms with Crippen LogP contribution < -0.4 is 10.6 Å². The van der Waals surface area contributed by atoms with E-state index >= 15 is 0 Å². The fraction of sp³-hybridized carbons (Fsp3) is 0.769. The third kappa shape index (κ3) is 2.71. The van der Waals surface area contributed by atoms with Gasteiger partial charge in [0, 0.05) is 63.7 Å². The minimum atomic E-state index is -0.739. The molecular formula is C26H36N6O4. The summed E-state index contributed by atoms with van der Waals surface area (Å²) in [5, 5.41) is 13.2. The quantitative estimate of drug-likeness (QED) is 0.393. The van der Waals surface area contributed by atoms with Crippen LogP contribution in [0.5, 0.6) is 0 Å². The summed E-state index contributed by atoms with van der Waals surface area (Å²) >= 11 is 0. The van der Waals surface area contributed by atoms with Crippen LogP contribution >= 0.6 is 0 Å². The van der Waals surface area contributed by atoms with Gasteiger partial charge in [-0.25, -0.2) is 20.0 Å². The molecule has 2 N–H and O–H groups in total. The second kappa shape index (κ2) is 7.93. The van der Waals surface area contributed by atoms with E-state index in [0.717, 1.165) is 44.6 Å². The van der Waals surface area contributed by atoms with Crippen LogP contribution in [0.25, 0.3) is 0 Å². The van der Waals surface area contributed by atoms with Crippen molar-refractivity contribution in [2.45, 2.75) is 33.1 Å². The Hall–Kier alpha value is -2.14. The van der Waals surface area contributed by atoms with Crippen molar-refractivity contribution < 1.29 is 19.2 Å². The number of piperazine rings is 2. The Morgan fingerprint density at radius 2 is 1.19 bits per heavy atom. The maximum atomic E-state index is 14.3. The number of allylic oxidation sites excluding steroid dienone is 2. The van der Waals surface area contributed by atoms with Crippen molar-refractivity contribution in [3.63, 3.8) is 0 Å². The molecule has 4 aliphatic carbocycles. The molecule has 8 rings (SSSR count). The summed E-state index contributed by atoms with van der Waals surface area (Å²) < 4.78 is 0. The van der Waals surface area contributed by atoms with Crippen LogP contribution in [0.15, 0.2) is 11.1 Å². The molecule has 2 bridgehead atoms. The summed E-state index contributed by atoms with van der Waals surface area (Å²) in [7, 11) is 0. The van der Waals surface area contributed by atoms with Gasteiger partial charge in [0.05, 0.1) is 23.7 Å². The summed E-state index contributed by atoms with van der Waals surface area (Å²) in [5.41, 5.74) is 1.58. The van der Waals surface area contributed by atoms with Crippen molar-refractivity contribution in [1.82, 2.24) is 30.7 Å². The highest BCUT2D eigenvalue weighted by atomic mass is 16.2. The standard InChI is InChI=1S/C26H36N6O4/c1-14-3-4-16-15(2)17-18-20(24(35)31(22(18)33)29-9-5-27-6-10-29)26(16,13-14)21-19(17)23(34)32(25(21)36)30-11-7-28-8-12-30/h14,17-21,27-28H,3-13H2,1-2H3. The van der Waals surface area contributed by atoms with E-state index in [4.69, 9.17) is 0 Å². The lowest BCUT2D eigenvalue weighted by atomic mass is 9.39. The number of hydrogen-bond donors (Lipinski definition) is 2. The monoisotopic (exact) mass is 496 g/mol. The third-order valence-corrected chi connectivity index (χ3v) is 10.4. The van der Waals surface area contributed by atoms with Crippen molar-refractivity contribution in [2.75, 3.05) is 52.4 Å². The smallest absolute Gasteiger partial charge is 0.248 e. The van der Waals surface area contributed by atoms with Gasteiger partial charge >= 0.3 is 0 Å². The molecule has 0 radical (unpaired) electrons. The average molecular weight is 497 g/mol. The second-order valence-corrected chi connectivity index (χ2v) is 12.0. The Morgan fingerprint density at radius 1 is 0.722 bits per heavy atom. The molecule has 8 aliphatic rings. The van der Waals surface area contributed by atoms with Gasteiger partial charge in [-0.15, -0.1) is 0 Å². The summed E-state index contributed by atoms with van der Waals surface area (Å²) in [6, 6.07) is 0. The number of hydrogen-bond acceptors (Lipinski definition) is 8. The fourth-order valence-corrected chi connectivity index (χ4v) is 9.20. The summed E-state index contributed by atoms with van der Waals surface area (Å²) in [4.78, 5) is 56.7. The highest BCUT2D eigenvalue weighted by Crippen LogP contribution is 2.72. The lowest BCUT2D eigenvalue weighted by Gasteiger charge is -2.61. The molecule has 36 heavy (non-hydrogen) atoms. The first kappa shape index (κ1) is 23.0. The van der Waals surface area contributed by atoms with Crippen molar-refractivity contribution in [3.05, 3.63) is 11.1 Å². The number of amides is 4. The van der Waals surface area contributed by atoms with Crippen LogP contribution in [0.1, 0.15) is 33.1 Å². The van der Waals surface area contributed by atoms with Crippen molar-refractivity contribution in [2.24, 2.45) is 40.9 Å². The lowest BCUT2D eigenvalue weighted by Crippen LogP contribution is -2.62. The first-order valence-corrected chi connectivity index (χ1v) is 13.7. The van der Waals surface area contributed by atoms with E-state index in [1.54, 1.807) is 0 Å². The summed E-state index contributed by atoms with van der Waals surface area (Å²) in [6.45, 7) is 9.58. The molecule has 5 atom stereocenters. The molecule has 0 aromatic heterocycles. The molecule has 4 heterocycles. The van der Waals surface area contributed by atoms with Crippen LogP contribution in [0.4, 0.5) is 0 Å². The van der Waals surface area contributed by atoms with Gasteiger partial charge in [-0.2, -0.15) is 0 Å². The van der Waals surface area contributed by atoms with Gasteiger partial charge in [0.15, 0.2) is 0 Å². The number of nitrogens with zero attached hydrogens (tertiary/aromatic N) is 4. The maximum absolute atomic E-state index is 14.3. The summed E-state index contributed by atoms with van der Waals surface area (Å²) in [6.07, 6.45) is 2.56. The van der Waals surface area contributed by atoms with Gasteiger partial charge in [0.25, 0.3) is 0 Å². The first-order valence-electron chi connectivity index (χ1n) is 13.7. The van der Waals surface area contributed by atoms with Crippen LogP contribution in [-0.2, 0) is 19.2 Å². The van der Waals surface area contributed by atoms with Gasteiger partial charge in [-0.05, 0) is 32.1 Å². The highest BCUT2D eigenvalue weighted by molar-refractivity contribution is 6.11. The molecule has 10 heteroatoms. The van der Waals surface area contributed by atoms with E-state index in [0.29, 0.717) is 38.5 Å². The summed E-state index contributed by atoms with van der Waals surface area (Å²) in [5.74, 6) is -2.86. The molecule has 1 spiro atoms. The molecule has 10 nitrogen and oxygen atoms in total. The van der Waals surface area contributed by atoms with Crippen LogP contribution in [0.2, 0.25) is 0 Å². The van der Waals surface area contributed by atoms with Crippen LogP contribution in [0.3, 0.4) is 0 Å². The zero-order chi connectivity index (χ0) is 24.9. The fourth-order valence-electron chi connectivity index (χ4n) is 9.20. The van der Waals surface area contributed by atoms with Crippen molar-refractivity contribution >= 4 is 23.6 Å². The molecule has 0 aromatic carbocycles. The van der Waals surface area contributed by atoms with E-state index < -0.39 is 29.1 Å². The Bertz CT molecular complexity index is 1010. The Labute approximate surface area is 211 Å². The molecule has 0 aromatic rings. The number of hydrazine groups is 2. The van der Waals surface area contributed by atoms with E-state index in [1.165, 1.54) is 15.6 Å². The topological polar surface area (TPSA) is 105 Å². The number of carbonyl (C=O) groups is 4. The normalized spacial score (nSPS) is 43.4. The lowest BCUT2D eigenvalue weighted by molar-refractivity contribution is -0.162. The molecule has 6 fully saturated rings. The highest BCUT2D eigenvalue weighted by Gasteiger charge is 2.78. The first-order chi connectivity index (χ1) is 17.4. The number of rotatable bonds is 2. The number of nitrogens with one attached hydrogen (secondary N) is 2. The van der Waals surface area contributed by atoms with Crippen LogP contribution in [0, 0.1) is 40.9 Å². The van der Waals surface area contributed by atoms with Gasteiger partial charge in [0.1, 0.15) is 0 Å². The van der Waals surface area contributed by atoms with Gasteiger partial charge in [-0.3, -0.25) is 19.2 Å². The number of imide groups is 2. The van der Waals surface area contributed by atoms with Gasteiger partial charge in [0.2, 0.25) is 23.6 Å². The molecule has 194 valence electrons. The second-order valence-electron chi connectivity index (χ2n) is 12.0. The molecule has 4 amide bonds. The molecule has 5 unspecified atom stereocenters. The molecule has 4 aliphatic heterocycles. The predicted octanol–water partition coefficient (Wildman–Crippen LogP) is -0.404. The largest absolute Gasteiger partial charge is 0.314 e. The van der Waals surface area contributed by atoms with Gasteiger partial charge < -0.3 is 10.6 Å². The third-order valence-electron chi connectivity index (χ3n) is 10.4. The molecule has 2 saturated carbocycles. The zero-order valence-corrected chi connectivity index (χ0v) is 21.2. The average Bonchev–Trinajstić information content (AvgIpc) is 3.31. The minimum Gasteiger partial charge on any atom is -0.314 e.